The second-order valence-corrected chi connectivity index (χ2v) is 9.29. The number of rotatable bonds is 4. The van der Waals surface area contributed by atoms with Crippen molar-refractivity contribution in [3.05, 3.63) is 47.9 Å². The molecule has 1 atom stereocenters. The van der Waals surface area contributed by atoms with Gasteiger partial charge in [0.05, 0.1) is 36.4 Å². The lowest BCUT2D eigenvalue weighted by molar-refractivity contribution is -0.0276. The van der Waals surface area contributed by atoms with Crippen LogP contribution in [0.1, 0.15) is 36.7 Å². The number of amides is 1. The number of hydrogen-bond acceptors (Lipinski definition) is 7. The Kier molecular flexibility index (Phi) is 4.83. The molecule has 1 saturated heterocycles. The maximum atomic E-state index is 13.2. The third kappa shape index (κ3) is 3.67. The van der Waals surface area contributed by atoms with E-state index in [4.69, 9.17) is 9.47 Å². The van der Waals surface area contributed by atoms with E-state index in [1.165, 1.54) is 6.20 Å². The van der Waals surface area contributed by atoms with Crippen molar-refractivity contribution in [2.75, 3.05) is 36.5 Å². The molecule has 168 valence electrons. The minimum Gasteiger partial charge on any atom is -0.484 e. The summed E-state index contributed by atoms with van der Waals surface area (Å²) in [6.07, 6.45) is 5.48. The molecule has 0 radical (unpaired) electrons. The number of ether oxygens (including phenoxy) is 2. The average Bonchev–Trinajstić information content (AvgIpc) is 3.33. The normalized spacial score (nSPS) is 21.9. The van der Waals surface area contributed by atoms with Crippen LogP contribution in [0.2, 0.25) is 0 Å². The third-order valence-corrected chi connectivity index (χ3v) is 5.97. The van der Waals surface area contributed by atoms with Crippen LogP contribution in [0.15, 0.2) is 36.8 Å². The van der Waals surface area contributed by atoms with Gasteiger partial charge in [0.1, 0.15) is 16.9 Å². The number of benzene rings is 1. The maximum absolute atomic E-state index is 13.2. The fraction of sp³-hybridized carbons (Fsp3) is 0.435. The van der Waals surface area contributed by atoms with E-state index in [1.54, 1.807) is 23.0 Å². The minimum atomic E-state index is -0.668. The zero-order chi connectivity index (χ0) is 22.5. The van der Waals surface area contributed by atoms with E-state index in [9.17, 15) is 9.90 Å². The summed E-state index contributed by atoms with van der Waals surface area (Å²) in [6, 6.07) is 5.67. The number of aromatic nitrogens is 3. The molecule has 1 amide bonds. The van der Waals surface area contributed by atoms with Crippen molar-refractivity contribution in [3.8, 4) is 5.75 Å². The number of morpholine rings is 1. The molecule has 2 aliphatic heterocycles. The van der Waals surface area contributed by atoms with Crippen molar-refractivity contribution in [2.45, 2.75) is 38.4 Å². The van der Waals surface area contributed by atoms with Crippen LogP contribution in [0.3, 0.4) is 0 Å². The molecule has 0 bridgehead atoms. The molecule has 1 fully saturated rings. The lowest BCUT2D eigenvalue weighted by atomic mass is 9.99. The Morgan fingerprint density at radius 1 is 1.31 bits per heavy atom. The summed E-state index contributed by atoms with van der Waals surface area (Å²) in [5, 5.41) is 17.1. The Bertz CT molecular complexity index is 1190. The van der Waals surface area contributed by atoms with Gasteiger partial charge in [0.15, 0.2) is 5.65 Å². The summed E-state index contributed by atoms with van der Waals surface area (Å²) < 4.78 is 13.5. The van der Waals surface area contributed by atoms with E-state index in [2.05, 4.69) is 34.1 Å². The smallest absolute Gasteiger partial charge is 0.261 e. The van der Waals surface area contributed by atoms with Crippen LogP contribution in [-0.2, 0) is 11.2 Å². The predicted octanol–water partition coefficient (Wildman–Crippen LogP) is 2.28. The highest BCUT2D eigenvalue weighted by Crippen LogP contribution is 2.42. The molecule has 2 aliphatic rings. The Morgan fingerprint density at radius 3 is 2.94 bits per heavy atom. The molecule has 2 N–H and O–H groups in total. The first-order valence-electron chi connectivity index (χ1n) is 10.7. The zero-order valence-electron chi connectivity index (χ0n) is 18.5. The van der Waals surface area contributed by atoms with Crippen LogP contribution < -0.4 is 15.0 Å². The van der Waals surface area contributed by atoms with Crippen LogP contribution in [0.4, 0.5) is 11.4 Å². The maximum Gasteiger partial charge on any atom is 0.261 e. The second-order valence-electron chi connectivity index (χ2n) is 9.29. The lowest BCUT2D eigenvalue weighted by Crippen LogP contribution is -2.48. The van der Waals surface area contributed by atoms with Crippen LogP contribution in [0.5, 0.6) is 5.75 Å². The monoisotopic (exact) mass is 437 g/mol. The van der Waals surface area contributed by atoms with Gasteiger partial charge in [-0.05, 0) is 32.9 Å². The van der Waals surface area contributed by atoms with Gasteiger partial charge in [0.2, 0.25) is 0 Å². The summed E-state index contributed by atoms with van der Waals surface area (Å²) in [6.45, 7) is 7.85. The van der Waals surface area contributed by atoms with Crippen molar-refractivity contribution >= 4 is 22.9 Å². The molecule has 2 aromatic heterocycles. The average molecular weight is 438 g/mol. The summed E-state index contributed by atoms with van der Waals surface area (Å²) in [7, 11) is 0. The standard InChI is InChI=1S/C23H27N5O4/c1-22(2)13-27(7-8-31-22)18-10-19-15(11-23(3,14-29)32-19)9-17(18)26-21(30)16-12-25-28-6-4-5-24-20(16)28/h4-6,9-10,12,29H,7-8,11,13-14H2,1-3H3,(H,26,30)/t23-/m0/s1. The van der Waals surface area contributed by atoms with Gasteiger partial charge in [-0.3, -0.25) is 4.79 Å². The molecule has 0 spiro atoms. The van der Waals surface area contributed by atoms with Gasteiger partial charge in [-0.25, -0.2) is 9.50 Å². The topological polar surface area (TPSA) is 101 Å². The number of carbonyl (C=O) groups is 1. The third-order valence-electron chi connectivity index (χ3n) is 5.97. The van der Waals surface area contributed by atoms with E-state index in [0.717, 1.165) is 17.0 Å². The molecule has 0 aliphatic carbocycles. The second kappa shape index (κ2) is 7.46. The fourth-order valence-electron chi connectivity index (χ4n) is 4.40. The number of nitrogens with one attached hydrogen (secondary N) is 1. The van der Waals surface area contributed by atoms with E-state index < -0.39 is 5.60 Å². The Labute approximate surface area is 186 Å². The largest absolute Gasteiger partial charge is 0.484 e. The van der Waals surface area contributed by atoms with Gasteiger partial charge in [0, 0.05) is 43.5 Å². The van der Waals surface area contributed by atoms with E-state index in [0.29, 0.717) is 43.0 Å². The van der Waals surface area contributed by atoms with Gasteiger partial charge in [0.25, 0.3) is 5.91 Å². The molecule has 9 nitrogen and oxygen atoms in total. The number of aliphatic hydroxyl groups excluding tert-OH is 1. The molecular weight excluding hydrogens is 410 g/mol. The zero-order valence-corrected chi connectivity index (χ0v) is 18.5. The number of fused-ring (bicyclic) bond motifs is 2. The van der Waals surface area contributed by atoms with Gasteiger partial charge in [-0.2, -0.15) is 5.10 Å². The molecule has 0 saturated carbocycles. The SMILES string of the molecule is CC1(C)CN(c2cc3c(cc2NC(=O)c2cnn4cccnc24)C[C@@](C)(CO)O3)CCO1. The Morgan fingerprint density at radius 2 is 2.16 bits per heavy atom. The van der Waals surface area contributed by atoms with E-state index in [-0.39, 0.29) is 18.1 Å². The van der Waals surface area contributed by atoms with Gasteiger partial charge in [-0.1, -0.05) is 0 Å². The molecule has 1 aromatic carbocycles. The first kappa shape index (κ1) is 20.7. The summed E-state index contributed by atoms with van der Waals surface area (Å²) >= 11 is 0. The first-order chi connectivity index (χ1) is 15.3. The summed E-state index contributed by atoms with van der Waals surface area (Å²) in [5.41, 5.74) is 2.41. The van der Waals surface area contributed by atoms with Gasteiger partial charge >= 0.3 is 0 Å². The lowest BCUT2D eigenvalue weighted by Gasteiger charge is -2.40. The van der Waals surface area contributed by atoms with Crippen molar-refractivity contribution < 1.29 is 19.4 Å². The van der Waals surface area contributed by atoms with Gasteiger partial charge in [-0.15, -0.1) is 0 Å². The summed E-state index contributed by atoms with van der Waals surface area (Å²) in [4.78, 5) is 19.7. The number of carbonyl (C=O) groups excluding carboxylic acids is 1. The molecule has 4 heterocycles. The number of aliphatic hydroxyl groups is 1. The van der Waals surface area contributed by atoms with Crippen molar-refractivity contribution in [1.82, 2.24) is 14.6 Å². The van der Waals surface area contributed by atoms with Crippen LogP contribution in [0.25, 0.3) is 5.65 Å². The Hall–Kier alpha value is -3.17. The quantitative estimate of drug-likeness (QED) is 0.646. The molecule has 9 heteroatoms. The highest BCUT2D eigenvalue weighted by atomic mass is 16.5. The molecular formula is C23H27N5O4. The molecule has 0 unspecified atom stereocenters. The van der Waals surface area contributed by atoms with E-state index >= 15 is 0 Å². The Balaban J connectivity index is 1.53. The van der Waals surface area contributed by atoms with Crippen molar-refractivity contribution in [1.29, 1.82) is 0 Å². The minimum absolute atomic E-state index is 0.0860. The fourth-order valence-corrected chi connectivity index (χ4v) is 4.40. The molecule has 5 rings (SSSR count). The van der Waals surface area contributed by atoms with Gasteiger partial charge < -0.3 is 24.8 Å². The number of hydrogen-bond donors (Lipinski definition) is 2. The summed E-state index contributed by atoms with van der Waals surface area (Å²) in [5.74, 6) is 0.452. The number of anilines is 2. The van der Waals surface area contributed by atoms with E-state index in [1.807, 2.05) is 19.1 Å². The number of nitrogens with zero attached hydrogens (tertiary/aromatic N) is 4. The molecule has 3 aromatic rings. The van der Waals surface area contributed by atoms with Crippen LogP contribution >= 0.6 is 0 Å². The van der Waals surface area contributed by atoms with Crippen molar-refractivity contribution in [3.63, 3.8) is 0 Å². The highest BCUT2D eigenvalue weighted by Gasteiger charge is 2.36. The first-order valence-corrected chi connectivity index (χ1v) is 10.7. The van der Waals surface area contributed by atoms with Crippen molar-refractivity contribution in [2.24, 2.45) is 0 Å². The molecule has 32 heavy (non-hydrogen) atoms. The predicted molar refractivity (Wildman–Crippen MR) is 119 cm³/mol. The van der Waals surface area contributed by atoms with Crippen LogP contribution in [-0.4, -0.2) is 63.1 Å². The highest BCUT2D eigenvalue weighted by molar-refractivity contribution is 6.09. The van der Waals surface area contributed by atoms with Crippen LogP contribution in [0, 0.1) is 0 Å².